The predicted molar refractivity (Wildman–Crippen MR) is 50.0 cm³/mol. The Morgan fingerprint density at radius 1 is 1.80 bits per heavy atom. The molecule has 0 aromatic heterocycles. The minimum atomic E-state index is -0.248. The summed E-state index contributed by atoms with van der Waals surface area (Å²) >= 11 is 7.94. The van der Waals surface area contributed by atoms with Crippen LogP contribution in [-0.2, 0) is 0 Å². The first-order valence-corrected chi connectivity index (χ1v) is 4.33. The molecule has 1 rings (SSSR count). The second-order valence-electron chi connectivity index (χ2n) is 1.89. The van der Waals surface area contributed by atoms with Gasteiger partial charge in [0.1, 0.15) is 5.50 Å². The van der Waals surface area contributed by atoms with Gasteiger partial charge in [-0.05, 0) is 34.9 Å². The zero-order valence-corrected chi connectivity index (χ0v) is 8.06. The lowest BCUT2D eigenvalue weighted by Crippen LogP contribution is -2.25. The van der Waals surface area contributed by atoms with Crippen molar-refractivity contribution < 1.29 is 5.11 Å². The van der Waals surface area contributed by atoms with Gasteiger partial charge in [0.05, 0.1) is 6.61 Å². The second-order valence-corrected chi connectivity index (χ2v) is 3.49. The molecule has 1 heterocycles. The molecule has 56 valence electrons. The largest absolute Gasteiger partial charge is 0.392 e. The minimum Gasteiger partial charge on any atom is -0.392 e. The smallest absolute Gasteiger partial charge is 0.126 e. The summed E-state index contributed by atoms with van der Waals surface area (Å²) in [5.41, 5.74) is 0.590. The van der Waals surface area contributed by atoms with Gasteiger partial charge in [-0.2, -0.15) is 0 Å². The van der Waals surface area contributed by atoms with Crippen molar-refractivity contribution in [3.05, 3.63) is 21.4 Å². The molecule has 0 amide bonds. The fourth-order valence-corrected chi connectivity index (χ4v) is 1.80. The Kier molecular flexibility index (Phi) is 3.00. The SMILES string of the molecule is OCC1=C(I)C=CNC1Cl. The third-order valence-corrected chi connectivity index (χ3v) is 2.70. The summed E-state index contributed by atoms with van der Waals surface area (Å²) in [7, 11) is 0. The maximum Gasteiger partial charge on any atom is 0.126 e. The van der Waals surface area contributed by atoms with Crippen LogP contribution in [0.5, 0.6) is 0 Å². The standard InChI is InChI=1S/C6H7ClINO/c7-6-4(3-10)5(8)1-2-9-6/h1-2,6,9-10H,3H2. The summed E-state index contributed by atoms with van der Waals surface area (Å²) in [6, 6.07) is 0. The molecule has 0 aromatic carbocycles. The van der Waals surface area contributed by atoms with E-state index in [1.807, 2.05) is 6.08 Å². The Hall–Kier alpha value is 0.260. The molecule has 1 aliphatic heterocycles. The monoisotopic (exact) mass is 271 g/mol. The number of dihydropyridines is 1. The number of aliphatic hydroxyl groups is 1. The van der Waals surface area contributed by atoms with E-state index in [0.29, 0.717) is 0 Å². The molecule has 4 heteroatoms. The van der Waals surface area contributed by atoms with Crippen LogP contribution >= 0.6 is 34.2 Å². The van der Waals surface area contributed by atoms with Crippen molar-refractivity contribution >= 4 is 34.2 Å². The summed E-state index contributed by atoms with van der Waals surface area (Å²) in [5, 5.41) is 11.7. The minimum absolute atomic E-state index is 0.0176. The Labute approximate surface area is 78.1 Å². The van der Waals surface area contributed by atoms with E-state index in [2.05, 4.69) is 27.9 Å². The van der Waals surface area contributed by atoms with Crippen LogP contribution in [0, 0.1) is 0 Å². The molecule has 1 atom stereocenters. The van der Waals surface area contributed by atoms with E-state index in [1.165, 1.54) is 0 Å². The van der Waals surface area contributed by atoms with Gasteiger partial charge in [-0.25, -0.2) is 0 Å². The Morgan fingerprint density at radius 3 is 2.90 bits per heavy atom. The second kappa shape index (κ2) is 3.59. The summed E-state index contributed by atoms with van der Waals surface area (Å²) < 4.78 is 1.01. The summed E-state index contributed by atoms with van der Waals surface area (Å²) in [6.07, 6.45) is 3.66. The number of allylic oxidation sites excluding steroid dienone is 2. The van der Waals surface area contributed by atoms with E-state index < -0.39 is 0 Å². The lowest BCUT2D eigenvalue weighted by molar-refractivity contribution is 0.325. The van der Waals surface area contributed by atoms with E-state index in [0.717, 1.165) is 9.15 Å². The molecule has 2 nitrogen and oxygen atoms in total. The van der Waals surface area contributed by atoms with Gasteiger partial charge in [0.25, 0.3) is 0 Å². The van der Waals surface area contributed by atoms with Crippen molar-refractivity contribution in [3.8, 4) is 0 Å². The quantitative estimate of drug-likeness (QED) is 0.429. The van der Waals surface area contributed by atoms with Crippen LogP contribution in [0.15, 0.2) is 21.4 Å². The van der Waals surface area contributed by atoms with Crippen molar-refractivity contribution in [1.82, 2.24) is 5.32 Å². The van der Waals surface area contributed by atoms with Crippen LogP contribution in [0.4, 0.5) is 0 Å². The lowest BCUT2D eigenvalue weighted by Gasteiger charge is -2.17. The molecule has 0 spiro atoms. The fourth-order valence-electron chi connectivity index (χ4n) is 0.690. The van der Waals surface area contributed by atoms with Gasteiger partial charge in [-0.15, -0.1) is 0 Å². The van der Waals surface area contributed by atoms with Gasteiger partial charge in [0, 0.05) is 9.15 Å². The first-order chi connectivity index (χ1) is 4.75. The molecule has 0 bridgehead atoms. The number of hydrogen-bond donors (Lipinski definition) is 2. The zero-order chi connectivity index (χ0) is 7.56. The topological polar surface area (TPSA) is 32.3 Å². The summed E-state index contributed by atoms with van der Waals surface area (Å²) in [5.74, 6) is 0. The number of rotatable bonds is 1. The first-order valence-electron chi connectivity index (χ1n) is 2.82. The molecule has 10 heavy (non-hydrogen) atoms. The van der Waals surface area contributed by atoms with Gasteiger partial charge in [0.15, 0.2) is 0 Å². The van der Waals surface area contributed by atoms with Gasteiger partial charge < -0.3 is 10.4 Å². The molecular formula is C6H7ClINO. The normalized spacial score (nSPS) is 24.9. The van der Waals surface area contributed by atoms with Crippen LogP contribution in [0.25, 0.3) is 0 Å². The molecule has 2 N–H and O–H groups in total. The molecule has 0 saturated heterocycles. The lowest BCUT2D eigenvalue weighted by atomic mass is 10.2. The van der Waals surface area contributed by atoms with E-state index in [4.69, 9.17) is 16.7 Å². The summed E-state index contributed by atoms with van der Waals surface area (Å²) in [6.45, 7) is 0.0176. The average molecular weight is 271 g/mol. The molecule has 1 aliphatic rings. The van der Waals surface area contributed by atoms with Crippen molar-refractivity contribution in [3.63, 3.8) is 0 Å². The number of aliphatic hydroxyl groups excluding tert-OH is 1. The predicted octanol–water partition coefficient (Wildman–Crippen LogP) is 1.35. The number of nitrogens with one attached hydrogen (secondary N) is 1. The highest BCUT2D eigenvalue weighted by Gasteiger charge is 2.13. The van der Waals surface area contributed by atoms with Crippen molar-refractivity contribution in [2.24, 2.45) is 0 Å². The zero-order valence-electron chi connectivity index (χ0n) is 5.14. The van der Waals surface area contributed by atoms with E-state index in [9.17, 15) is 0 Å². The molecule has 0 aliphatic carbocycles. The Morgan fingerprint density at radius 2 is 2.50 bits per heavy atom. The van der Waals surface area contributed by atoms with Crippen molar-refractivity contribution in [2.75, 3.05) is 6.61 Å². The third-order valence-electron chi connectivity index (χ3n) is 1.26. The maximum atomic E-state index is 8.81. The van der Waals surface area contributed by atoms with Gasteiger partial charge in [-0.3, -0.25) is 0 Å². The summed E-state index contributed by atoms with van der Waals surface area (Å²) in [4.78, 5) is 0. The van der Waals surface area contributed by atoms with E-state index in [-0.39, 0.29) is 12.1 Å². The maximum absolute atomic E-state index is 8.81. The number of alkyl halides is 1. The molecular weight excluding hydrogens is 264 g/mol. The van der Waals surface area contributed by atoms with E-state index >= 15 is 0 Å². The van der Waals surface area contributed by atoms with Gasteiger partial charge >= 0.3 is 0 Å². The van der Waals surface area contributed by atoms with Crippen molar-refractivity contribution in [2.45, 2.75) is 5.50 Å². The van der Waals surface area contributed by atoms with E-state index in [1.54, 1.807) is 6.20 Å². The molecule has 1 unspecified atom stereocenters. The molecule has 0 fully saturated rings. The van der Waals surface area contributed by atoms with Crippen LogP contribution in [-0.4, -0.2) is 17.2 Å². The van der Waals surface area contributed by atoms with Gasteiger partial charge in [-0.1, -0.05) is 11.6 Å². The highest BCUT2D eigenvalue weighted by atomic mass is 127. The van der Waals surface area contributed by atoms with Crippen LogP contribution in [0.2, 0.25) is 0 Å². The molecule has 0 radical (unpaired) electrons. The van der Waals surface area contributed by atoms with Crippen LogP contribution in [0.1, 0.15) is 0 Å². The highest BCUT2D eigenvalue weighted by Crippen LogP contribution is 2.22. The first kappa shape index (κ1) is 8.36. The molecule has 0 aromatic rings. The van der Waals surface area contributed by atoms with Crippen LogP contribution in [0.3, 0.4) is 0 Å². The molecule has 0 saturated carbocycles. The Bertz CT molecular complexity index is 190. The number of halogens is 2. The number of hydrogen-bond acceptors (Lipinski definition) is 2. The Balaban J connectivity index is 2.83. The van der Waals surface area contributed by atoms with Crippen molar-refractivity contribution in [1.29, 1.82) is 0 Å². The highest BCUT2D eigenvalue weighted by molar-refractivity contribution is 14.1. The van der Waals surface area contributed by atoms with Gasteiger partial charge in [0.2, 0.25) is 0 Å². The van der Waals surface area contributed by atoms with Crippen LogP contribution < -0.4 is 5.32 Å². The third kappa shape index (κ3) is 1.65. The average Bonchev–Trinajstić information content (AvgIpc) is 1.88. The fraction of sp³-hybridized carbons (Fsp3) is 0.333.